The quantitative estimate of drug-likeness (QED) is 0.741. The molecule has 0 spiro atoms. The molecule has 2 atom stereocenters. The minimum Gasteiger partial charge on any atom is -0.377 e. The van der Waals surface area contributed by atoms with Crippen molar-refractivity contribution in [1.82, 2.24) is 10.2 Å². The van der Waals surface area contributed by atoms with E-state index in [2.05, 4.69) is 31.0 Å². The molecule has 1 aliphatic heterocycles. The van der Waals surface area contributed by atoms with E-state index in [9.17, 15) is 0 Å². The molecule has 0 saturated carbocycles. The monoisotopic (exact) mass is 242 g/mol. The number of piperidine rings is 1. The zero-order valence-electron chi connectivity index (χ0n) is 12.1. The van der Waals surface area contributed by atoms with Crippen LogP contribution in [0.25, 0.3) is 0 Å². The third kappa shape index (κ3) is 5.36. The molecule has 0 aromatic carbocycles. The van der Waals surface area contributed by atoms with Crippen molar-refractivity contribution in [3.63, 3.8) is 0 Å². The number of likely N-dealkylation sites (tertiary alicyclic amines) is 1. The highest BCUT2D eigenvalue weighted by atomic mass is 16.5. The van der Waals surface area contributed by atoms with E-state index in [4.69, 9.17) is 4.74 Å². The summed E-state index contributed by atoms with van der Waals surface area (Å²) in [5.41, 5.74) is 0.0767. The summed E-state index contributed by atoms with van der Waals surface area (Å²) in [6.45, 7) is 11.3. The molecule has 3 heteroatoms. The number of hydrogen-bond acceptors (Lipinski definition) is 3. The zero-order valence-corrected chi connectivity index (χ0v) is 12.1. The molecule has 0 amide bonds. The summed E-state index contributed by atoms with van der Waals surface area (Å²) in [5.74, 6) is 0. The van der Waals surface area contributed by atoms with E-state index < -0.39 is 0 Å². The van der Waals surface area contributed by atoms with Crippen LogP contribution in [0.3, 0.4) is 0 Å². The van der Waals surface area contributed by atoms with Gasteiger partial charge in [0.1, 0.15) is 0 Å². The first kappa shape index (κ1) is 14.9. The number of hydrogen-bond donors (Lipinski definition) is 1. The second-order valence-corrected chi connectivity index (χ2v) is 5.68. The third-order valence-corrected chi connectivity index (χ3v) is 3.87. The molecule has 2 unspecified atom stereocenters. The van der Waals surface area contributed by atoms with Crippen LogP contribution in [0.15, 0.2) is 0 Å². The molecule has 1 N–H and O–H groups in total. The van der Waals surface area contributed by atoms with E-state index in [-0.39, 0.29) is 5.60 Å². The molecule has 0 bridgehead atoms. The Kier molecular flexibility index (Phi) is 6.45. The smallest absolute Gasteiger partial charge is 0.0777 e. The first-order chi connectivity index (χ1) is 8.09. The van der Waals surface area contributed by atoms with Crippen LogP contribution < -0.4 is 5.32 Å². The average Bonchev–Trinajstić information content (AvgIpc) is 2.30. The van der Waals surface area contributed by atoms with Crippen molar-refractivity contribution in [2.24, 2.45) is 0 Å². The topological polar surface area (TPSA) is 24.5 Å². The second kappa shape index (κ2) is 7.34. The van der Waals surface area contributed by atoms with Gasteiger partial charge in [-0.05, 0) is 39.7 Å². The van der Waals surface area contributed by atoms with Crippen molar-refractivity contribution >= 4 is 0 Å². The molecule has 0 aliphatic carbocycles. The normalized spacial score (nSPS) is 28.2. The number of nitrogens with one attached hydrogen (secondary N) is 1. The maximum absolute atomic E-state index is 5.61. The molecule has 17 heavy (non-hydrogen) atoms. The summed E-state index contributed by atoms with van der Waals surface area (Å²) in [6, 6.07) is 0.651. The molecular weight excluding hydrogens is 212 g/mol. The molecule has 1 heterocycles. The van der Waals surface area contributed by atoms with E-state index >= 15 is 0 Å². The van der Waals surface area contributed by atoms with Crippen LogP contribution in [0.5, 0.6) is 0 Å². The Hall–Kier alpha value is -0.120. The first-order valence-corrected chi connectivity index (χ1v) is 7.10. The zero-order chi connectivity index (χ0) is 12.7. The maximum Gasteiger partial charge on any atom is 0.0777 e. The standard InChI is InChI=1S/C14H30N2O/c1-5-7-13(2)15-9-11-16-10-6-8-14(3,12-16)17-4/h13,15H,5-12H2,1-4H3. The second-order valence-electron chi connectivity index (χ2n) is 5.68. The van der Waals surface area contributed by atoms with Crippen molar-refractivity contribution in [2.75, 3.05) is 33.3 Å². The SMILES string of the molecule is CCCC(C)NCCN1CCCC(C)(OC)C1. The highest BCUT2D eigenvalue weighted by molar-refractivity contribution is 4.84. The van der Waals surface area contributed by atoms with Gasteiger partial charge in [0.2, 0.25) is 0 Å². The van der Waals surface area contributed by atoms with Crippen LogP contribution in [0, 0.1) is 0 Å². The number of ether oxygens (including phenoxy) is 1. The van der Waals surface area contributed by atoms with Gasteiger partial charge in [-0.15, -0.1) is 0 Å². The van der Waals surface area contributed by atoms with Gasteiger partial charge in [0.25, 0.3) is 0 Å². The lowest BCUT2D eigenvalue weighted by molar-refractivity contribution is -0.0502. The van der Waals surface area contributed by atoms with Crippen LogP contribution in [0.2, 0.25) is 0 Å². The van der Waals surface area contributed by atoms with Crippen molar-refractivity contribution < 1.29 is 4.74 Å². The van der Waals surface area contributed by atoms with Crippen LogP contribution in [0.4, 0.5) is 0 Å². The Morgan fingerprint density at radius 2 is 2.24 bits per heavy atom. The van der Waals surface area contributed by atoms with Gasteiger partial charge in [0.05, 0.1) is 5.60 Å². The first-order valence-electron chi connectivity index (χ1n) is 7.10. The molecule has 1 saturated heterocycles. The van der Waals surface area contributed by atoms with Gasteiger partial charge in [-0.2, -0.15) is 0 Å². The van der Waals surface area contributed by atoms with Crippen LogP contribution >= 0.6 is 0 Å². The van der Waals surface area contributed by atoms with Crippen molar-refractivity contribution in [3.05, 3.63) is 0 Å². The lowest BCUT2D eigenvalue weighted by Crippen LogP contribution is -2.49. The van der Waals surface area contributed by atoms with Crippen molar-refractivity contribution in [2.45, 2.75) is 58.1 Å². The molecule has 0 radical (unpaired) electrons. The van der Waals surface area contributed by atoms with Gasteiger partial charge in [-0.25, -0.2) is 0 Å². The summed E-state index contributed by atoms with van der Waals surface area (Å²) in [4.78, 5) is 2.53. The fraction of sp³-hybridized carbons (Fsp3) is 1.00. The van der Waals surface area contributed by atoms with Crippen molar-refractivity contribution in [1.29, 1.82) is 0 Å². The minimum atomic E-state index is 0.0767. The Labute approximate surface area is 107 Å². The molecule has 0 aromatic heterocycles. The van der Waals surface area contributed by atoms with Gasteiger partial charge in [0, 0.05) is 32.8 Å². The Balaban J connectivity index is 2.19. The summed E-state index contributed by atoms with van der Waals surface area (Å²) in [6.07, 6.45) is 4.99. The van der Waals surface area contributed by atoms with Gasteiger partial charge in [-0.3, -0.25) is 4.90 Å². The van der Waals surface area contributed by atoms with Gasteiger partial charge in [-0.1, -0.05) is 13.3 Å². The van der Waals surface area contributed by atoms with E-state index in [1.165, 1.54) is 32.2 Å². The lowest BCUT2D eigenvalue weighted by Gasteiger charge is -2.39. The minimum absolute atomic E-state index is 0.0767. The highest BCUT2D eigenvalue weighted by Gasteiger charge is 2.30. The van der Waals surface area contributed by atoms with Crippen LogP contribution in [-0.4, -0.2) is 49.8 Å². The van der Waals surface area contributed by atoms with E-state index in [0.717, 1.165) is 19.6 Å². The van der Waals surface area contributed by atoms with Crippen LogP contribution in [0.1, 0.15) is 46.5 Å². The molecule has 1 aliphatic rings. The summed E-state index contributed by atoms with van der Waals surface area (Å²) >= 11 is 0. The summed E-state index contributed by atoms with van der Waals surface area (Å²) < 4.78 is 5.61. The van der Waals surface area contributed by atoms with E-state index in [1.54, 1.807) is 0 Å². The molecular formula is C14H30N2O. The average molecular weight is 242 g/mol. The van der Waals surface area contributed by atoms with Gasteiger partial charge in [0.15, 0.2) is 0 Å². The summed E-state index contributed by atoms with van der Waals surface area (Å²) in [7, 11) is 1.84. The fourth-order valence-corrected chi connectivity index (χ4v) is 2.67. The Morgan fingerprint density at radius 3 is 2.88 bits per heavy atom. The molecule has 3 nitrogen and oxygen atoms in total. The summed E-state index contributed by atoms with van der Waals surface area (Å²) in [5, 5.41) is 3.59. The number of nitrogens with zero attached hydrogens (tertiary/aromatic N) is 1. The number of methoxy groups -OCH3 is 1. The predicted molar refractivity (Wildman–Crippen MR) is 73.5 cm³/mol. The maximum atomic E-state index is 5.61. The molecule has 1 rings (SSSR count). The number of rotatable bonds is 7. The van der Waals surface area contributed by atoms with Crippen LogP contribution in [-0.2, 0) is 4.74 Å². The fourth-order valence-electron chi connectivity index (χ4n) is 2.67. The predicted octanol–water partition coefficient (Wildman–Crippen LogP) is 2.27. The van der Waals surface area contributed by atoms with Gasteiger partial charge >= 0.3 is 0 Å². The van der Waals surface area contributed by atoms with E-state index in [1.807, 2.05) is 7.11 Å². The third-order valence-electron chi connectivity index (χ3n) is 3.87. The largest absolute Gasteiger partial charge is 0.377 e. The van der Waals surface area contributed by atoms with E-state index in [0.29, 0.717) is 6.04 Å². The van der Waals surface area contributed by atoms with Gasteiger partial charge < -0.3 is 10.1 Å². The molecule has 1 fully saturated rings. The van der Waals surface area contributed by atoms with Crippen molar-refractivity contribution in [3.8, 4) is 0 Å². The molecule has 0 aromatic rings. The molecule has 102 valence electrons. The Morgan fingerprint density at radius 1 is 1.47 bits per heavy atom. The highest BCUT2D eigenvalue weighted by Crippen LogP contribution is 2.23. The lowest BCUT2D eigenvalue weighted by atomic mass is 9.95. The Bertz CT molecular complexity index is 210.